The molecular weight excluding hydrogens is 328 g/mol. The first-order chi connectivity index (χ1) is 11.4. The molecule has 0 saturated carbocycles. The maximum Gasteiger partial charge on any atom is 0.223 e. The summed E-state index contributed by atoms with van der Waals surface area (Å²) in [5.74, 6) is 0.796. The van der Waals surface area contributed by atoms with Crippen LogP contribution in [-0.2, 0) is 21.2 Å². The molecule has 1 heterocycles. The van der Waals surface area contributed by atoms with Crippen LogP contribution in [0.3, 0.4) is 0 Å². The van der Waals surface area contributed by atoms with Gasteiger partial charge in [-0.25, -0.2) is 12.7 Å². The summed E-state index contributed by atoms with van der Waals surface area (Å²) in [6.07, 6.45) is 4.10. The van der Waals surface area contributed by atoms with Gasteiger partial charge in [-0.05, 0) is 37.0 Å². The minimum Gasteiger partial charge on any atom is -0.497 e. The van der Waals surface area contributed by atoms with Gasteiger partial charge in [0.2, 0.25) is 15.9 Å². The number of methoxy groups -OCH3 is 1. The Morgan fingerprint density at radius 1 is 1.25 bits per heavy atom. The lowest BCUT2D eigenvalue weighted by molar-refractivity contribution is -0.130. The highest BCUT2D eigenvalue weighted by molar-refractivity contribution is 7.88. The van der Waals surface area contributed by atoms with E-state index < -0.39 is 10.0 Å². The number of nitrogens with zero attached hydrogens (tertiary/aromatic N) is 2. The van der Waals surface area contributed by atoms with Crippen molar-refractivity contribution in [2.24, 2.45) is 0 Å². The summed E-state index contributed by atoms with van der Waals surface area (Å²) in [4.78, 5) is 13.9. The van der Waals surface area contributed by atoms with Crippen LogP contribution in [0.15, 0.2) is 24.3 Å². The average Bonchev–Trinajstić information content (AvgIpc) is 3.08. The fourth-order valence-electron chi connectivity index (χ4n) is 2.87. The topological polar surface area (TPSA) is 66.9 Å². The average molecular weight is 354 g/mol. The molecule has 7 heteroatoms. The first-order valence-electron chi connectivity index (χ1n) is 8.26. The van der Waals surface area contributed by atoms with Gasteiger partial charge in [0.25, 0.3) is 0 Å². The molecule has 1 aromatic rings. The van der Waals surface area contributed by atoms with Crippen LogP contribution in [0.5, 0.6) is 5.75 Å². The maximum absolute atomic E-state index is 12.1. The van der Waals surface area contributed by atoms with Crippen molar-refractivity contribution in [3.05, 3.63) is 29.8 Å². The standard InChI is InChI=1S/C17H26N2O4S/c1-23-16-7-5-6-15(14-16)8-12-19(24(2,21)22)13-9-17(20)18-10-3-4-11-18/h5-7,14H,3-4,8-13H2,1-2H3. The smallest absolute Gasteiger partial charge is 0.223 e. The molecule has 0 N–H and O–H groups in total. The van der Waals surface area contributed by atoms with E-state index in [1.165, 1.54) is 10.6 Å². The van der Waals surface area contributed by atoms with Gasteiger partial charge >= 0.3 is 0 Å². The second-order valence-corrected chi connectivity index (χ2v) is 8.08. The number of carbonyl (C=O) groups excluding carboxylic acids is 1. The highest BCUT2D eigenvalue weighted by Gasteiger charge is 2.22. The van der Waals surface area contributed by atoms with Gasteiger partial charge in [-0.15, -0.1) is 0 Å². The van der Waals surface area contributed by atoms with Crippen LogP contribution in [0.25, 0.3) is 0 Å². The molecule has 1 aliphatic rings. The summed E-state index contributed by atoms with van der Waals surface area (Å²) in [6, 6.07) is 7.58. The molecule has 0 aliphatic carbocycles. The quantitative estimate of drug-likeness (QED) is 0.710. The second kappa shape index (κ2) is 8.48. The summed E-state index contributed by atoms with van der Waals surface area (Å²) in [5, 5.41) is 0. The molecule has 0 bridgehead atoms. The molecule has 24 heavy (non-hydrogen) atoms. The third-order valence-corrected chi connectivity index (χ3v) is 5.59. The van der Waals surface area contributed by atoms with Crippen molar-refractivity contribution >= 4 is 15.9 Å². The molecular formula is C17H26N2O4S. The molecule has 2 rings (SSSR count). The van der Waals surface area contributed by atoms with Gasteiger partial charge in [-0.3, -0.25) is 4.79 Å². The largest absolute Gasteiger partial charge is 0.497 e. The number of hydrogen-bond acceptors (Lipinski definition) is 4. The van der Waals surface area contributed by atoms with Crippen molar-refractivity contribution in [1.82, 2.24) is 9.21 Å². The van der Waals surface area contributed by atoms with E-state index in [-0.39, 0.29) is 18.9 Å². The van der Waals surface area contributed by atoms with E-state index in [0.29, 0.717) is 13.0 Å². The zero-order valence-electron chi connectivity index (χ0n) is 14.4. The highest BCUT2D eigenvalue weighted by Crippen LogP contribution is 2.14. The maximum atomic E-state index is 12.1. The van der Waals surface area contributed by atoms with Crippen molar-refractivity contribution in [3.63, 3.8) is 0 Å². The Labute approximate surface area is 144 Å². The van der Waals surface area contributed by atoms with E-state index in [0.717, 1.165) is 37.2 Å². The van der Waals surface area contributed by atoms with Crippen LogP contribution in [-0.4, -0.2) is 63.1 Å². The van der Waals surface area contributed by atoms with Gasteiger partial charge in [0.15, 0.2) is 0 Å². The molecule has 0 aromatic heterocycles. The number of hydrogen-bond donors (Lipinski definition) is 0. The third-order valence-electron chi connectivity index (χ3n) is 4.29. The van der Waals surface area contributed by atoms with Crippen LogP contribution < -0.4 is 4.74 Å². The van der Waals surface area contributed by atoms with E-state index in [4.69, 9.17) is 4.74 Å². The molecule has 134 valence electrons. The molecule has 6 nitrogen and oxygen atoms in total. The van der Waals surface area contributed by atoms with E-state index in [9.17, 15) is 13.2 Å². The predicted octanol–water partition coefficient (Wildman–Crippen LogP) is 1.51. The molecule has 0 radical (unpaired) electrons. The number of ether oxygens (including phenoxy) is 1. The van der Waals surface area contributed by atoms with Crippen LogP contribution in [0.2, 0.25) is 0 Å². The van der Waals surface area contributed by atoms with Crippen molar-refractivity contribution in [2.75, 3.05) is 39.5 Å². The van der Waals surface area contributed by atoms with E-state index >= 15 is 0 Å². The molecule has 0 unspecified atom stereocenters. The molecule has 0 atom stereocenters. The second-order valence-electron chi connectivity index (χ2n) is 6.10. The van der Waals surface area contributed by atoms with Crippen LogP contribution in [0.1, 0.15) is 24.8 Å². The van der Waals surface area contributed by atoms with E-state index in [2.05, 4.69) is 0 Å². The van der Waals surface area contributed by atoms with Gasteiger partial charge in [-0.1, -0.05) is 12.1 Å². The lowest BCUT2D eigenvalue weighted by Crippen LogP contribution is -2.36. The van der Waals surface area contributed by atoms with Crippen molar-refractivity contribution in [3.8, 4) is 5.75 Å². The number of benzene rings is 1. The minimum atomic E-state index is -3.34. The molecule has 1 fully saturated rings. The predicted molar refractivity (Wildman–Crippen MR) is 93.5 cm³/mol. The number of likely N-dealkylation sites (tertiary alicyclic amines) is 1. The zero-order chi connectivity index (χ0) is 17.6. The molecule has 1 aromatic carbocycles. The van der Waals surface area contributed by atoms with Crippen LogP contribution >= 0.6 is 0 Å². The van der Waals surface area contributed by atoms with Gasteiger partial charge in [0.05, 0.1) is 13.4 Å². The molecule has 1 saturated heterocycles. The Morgan fingerprint density at radius 3 is 2.58 bits per heavy atom. The Hall–Kier alpha value is -1.60. The van der Waals surface area contributed by atoms with Crippen molar-refractivity contribution in [1.29, 1.82) is 0 Å². The number of carbonyl (C=O) groups is 1. The van der Waals surface area contributed by atoms with Crippen LogP contribution in [0, 0.1) is 0 Å². The number of amides is 1. The minimum absolute atomic E-state index is 0.0440. The normalized spacial score (nSPS) is 15.0. The van der Waals surface area contributed by atoms with Gasteiger partial charge in [-0.2, -0.15) is 0 Å². The Kier molecular flexibility index (Phi) is 6.62. The summed E-state index contributed by atoms with van der Waals surface area (Å²) < 4.78 is 30.5. The first kappa shape index (κ1) is 18.7. The van der Waals surface area contributed by atoms with Crippen molar-refractivity contribution in [2.45, 2.75) is 25.7 Å². The summed E-state index contributed by atoms with van der Waals surface area (Å²) in [6.45, 7) is 2.18. The van der Waals surface area contributed by atoms with E-state index in [1.54, 1.807) is 7.11 Å². The lowest BCUT2D eigenvalue weighted by Gasteiger charge is -2.22. The fraction of sp³-hybridized carbons (Fsp3) is 0.588. The SMILES string of the molecule is COc1cccc(CCN(CCC(=O)N2CCCC2)S(C)(=O)=O)c1. The fourth-order valence-corrected chi connectivity index (χ4v) is 3.72. The van der Waals surface area contributed by atoms with Crippen LogP contribution in [0.4, 0.5) is 0 Å². The molecule has 1 aliphatic heterocycles. The Bertz CT molecular complexity index is 654. The van der Waals surface area contributed by atoms with Gasteiger partial charge < -0.3 is 9.64 Å². The Balaban J connectivity index is 1.91. The summed E-state index contributed by atoms with van der Waals surface area (Å²) in [7, 11) is -1.74. The van der Waals surface area contributed by atoms with Gasteiger partial charge in [0, 0.05) is 32.6 Å². The molecule has 0 spiro atoms. The van der Waals surface area contributed by atoms with Crippen molar-refractivity contribution < 1.29 is 17.9 Å². The third kappa shape index (κ3) is 5.49. The monoisotopic (exact) mass is 354 g/mol. The zero-order valence-corrected chi connectivity index (χ0v) is 15.2. The summed E-state index contributed by atoms with van der Waals surface area (Å²) in [5.41, 5.74) is 1.01. The number of sulfonamides is 1. The Morgan fingerprint density at radius 2 is 1.96 bits per heavy atom. The van der Waals surface area contributed by atoms with Gasteiger partial charge in [0.1, 0.15) is 5.75 Å². The number of rotatable bonds is 8. The summed E-state index contributed by atoms with van der Waals surface area (Å²) >= 11 is 0. The highest BCUT2D eigenvalue weighted by atomic mass is 32.2. The molecule has 1 amide bonds. The first-order valence-corrected chi connectivity index (χ1v) is 10.1. The lowest BCUT2D eigenvalue weighted by atomic mass is 10.1. The van der Waals surface area contributed by atoms with E-state index in [1.807, 2.05) is 29.2 Å².